The normalized spacial score (nSPS) is 10.6. The van der Waals surface area contributed by atoms with Crippen molar-refractivity contribution in [1.29, 1.82) is 0 Å². The van der Waals surface area contributed by atoms with Crippen LogP contribution in [-0.4, -0.2) is 9.55 Å². The van der Waals surface area contributed by atoms with Crippen molar-refractivity contribution in [1.82, 2.24) is 9.55 Å². The van der Waals surface area contributed by atoms with E-state index < -0.39 is 5.82 Å². The van der Waals surface area contributed by atoms with Gasteiger partial charge in [0.15, 0.2) is 5.82 Å². The molecule has 0 aliphatic heterocycles. The molecule has 0 bridgehead atoms. The van der Waals surface area contributed by atoms with Crippen molar-refractivity contribution in [2.75, 3.05) is 5.32 Å². The molecule has 0 amide bonds. The fourth-order valence-corrected chi connectivity index (χ4v) is 1.78. The van der Waals surface area contributed by atoms with Gasteiger partial charge in [-0.05, 0) is 26.0 Å². The van der Waals surface area contributed by atoms with Crippen LogP contribution in [0.1, 0.15) is 12.6 Å². The number of imidazole rings is 1. The van der Waals surface area contributed by atoms with Gasteiger partial charge in [-0.15, -0.1) is 0 Å². The monoisotopic (exact) mass is 253 g/mol. The predicted octanol–water partition coefficient (Wildman–Crippen LogP) is 3.75. The lowest BCUT2D eigenvalue weighted by Crippen LogP contribution is -2.02. The Morgan fingerprint density at radius 1 is 1.47 bits per heavy atom. The average Bonchev–Trinajstić information content (AvgIpc) is 2.65. The number of anilines is 2. The fraction of sp³-hybridized carbons (Fsp3) is 0.250. The molecule has 0 unspecified atom stereocenters. The molecule has 1 heterocycles. The van der Waals surface area contributed by atoms with Gasteiger partial charge < -0.3 is 9.88 Å². The Hall–Kier alpha value is -1.55. The van der Waals surface area contributed by atoms with Crippen molar-refractivity contribution in [2.45, 2.75) is 20.4 Å². The molecule has 17 heavy (non-hydrogen) atoms. The minimum atomic E-state index is -0.461. The Bertz CT molecular complexity index is 537. The molecule has 90 valence electrons. The minimum absolute atomic E-state index is 0.0985. The number of hydrogen-bond donors (Lipinski definition) is 1. The molecule has 0 radical (unpaired) electrons. The standard InChI is InChI=1S/C12H13ClFN3/c1-3-17-7-8(2)15-12(17)16-10-6-4-5-9(13)11(10)14/h4-7H,3H2,1-2H3,(H,15,16). The van der Waals surface area contributed by atoms with E-state index in [9.17, 15) is 4.39 Å². The van der Waals surface area contributed by atoms with E-state index in [2.05, 4.69) is 10.3 Å². The molecule has 1 aromatic carbocycles. The first-order chi connectivity index (χ1) is 8.11. The first-order valence-corrected chi connectivity index (χ1v) is 5.74. The van der Waals surface area contributed by atoms with Gasteiger partial charge in [0.2, 0.25) is 5.95 Å². The van der Waals surface area contributed by atoms with Gasteiger partial charge in [-0.1, -0.05) is 17.7 Å². The van der Waals surface area contributed by atoms with Crippen molar-refractivity contribution in [3.8, 4) is 0 Å². The first-order valence-electron chi connectivity index (χ1n) is 5.36. The Kier molecular flexibility index (Phi) is 3.33. The van der Waals surface area contributed by atoms with Gasteiger partial charge in [-0.3, -0.25) is 0 Å². The molecule has 0 atom stereocenters. The molecular formula is C12H13ClFN3. The molecule has 2 rings (SSSR count). The maximum Gasteiger partial charge on any atom is 0.207 e. The lowest BCUT2D eigenvalue weighted by atomic mass is 10.3. The van der Waals surface area contributed by atoms with Gasteiger partial charge in [0.05, 0.1) is 16.4 Å². The van der Waals surface area contributed by atoms with E-state index in [0.717, 1.165) is 12.2 Å². The van der Waals surface area contributed by atoms with Gasteiger partial charge >= 0.3 is 0 Å². The summed E-state index contributed by atoms with van der Waals surface area (Å²) in [6.45, 7) is 4.66. The molecule has 0 spiro atoms. The van der Waals surface area contributed by atoms with Crippen molar-refractivity contribution < 1.29 is 4.39 Å². The second-order valence-corrected chi connectivity index (χ2v) is 4.13. The van der Waals surface area contributed by atoms with E-state index in [1.807, 2.05) is 24.6 Å². The van der Waals surface area contributed by atoms with Crippen LogP contribution in [0.15, 0.2) is 24.4 Å². The van der Waals surface area contributed by atoms with E-state index in [4.69, 9.17) is 11.6 Å². The Balaban J connectivity index is 2.34. The molecule has 0 aliphatic rings. The number of nitrogens with one attached hydrogen (secondary N) is 1. The minimum Gasteiger partial charge on any atom is -0.323 e. The van der Waals surface area contributed by atoms with Gasteiger partial charge in [-0.2, -0.15) is 0 Å². The van der Waals surface area contributed by atoms with Crippen LogP contribution in [0.3, 0.4) is 0 Å². The lowest BCUT2D eigenvalue weighted by molar-refractivity contribution is 0.631. The third kappa shape index (κ3) is 2.42. The van der Waals surface area contributed by atoms with Crippen LogP contribution in [0, 0.1) is 12.7 Å². The summed E-state index contributed by atoms with van der Waals surface area (Å²) in [5.41, 5.74) is 1.22. The molecule has 5 heteroatoms. The molecule has 1 N–H and O–H groups in total. The number of aryl methyl sites for hydroxylation is 2. The average molecular weight is 254 g/mol. The second-order valence-electron chi connectivity index (χ2n) is 3.72. The van der Waals surface area contributed by atoms with Crippen molar-refractivity contribution in [3.63, 3.8) is 0 Å². The largest absolute Gasteiger partial charge is 0.323 e. The Morgan fingerprint density at radius 2 is 2.24 bits per heavy atom. The van der Waals surface area contributed by atoms with Crippen LogP contribution in [0.4, 0.5) is 16.0 Å². The highest BCUT2D eigenvalue weighted by Crippen LogP contribution is 2.25. The third-order valence-electron chi connectivity index (χ3n) is 2.44. The topological polar surface area (TPSA) is 29.9 Å². The highest BCUT2D eigenvalue weighted by molar-refractivity contribution is 6.31. The molecule has 3 nitrogen and oxygen atoms in total. The summed E-state index contributed by atoms with van der Waals surface area (Å²) in [6, 6.07) is 4.84. The highest BCUT2D eigenvalue weighted by Gasteiger charge is 2.09. The summed E-state index contributed by atoms with van der Waals surface area (Å²) >= 11 is 5.72. The van der Waals surface area contributed by atoms with Crippen LogP contribution in [-0.2, 0) is 6.54 Å². The predicted molar refractivity (Wildman–Crippen MR) is 67.3 cm³/mol. The van der Waals surface area contributed by atoms with Crippen LogP contribution in [0.25, 0.3) is 0 Å². The maximum atomic E-state index is 13.7. The fourth-order valence-electron chi connectivity index (χ4n) is 1.61. The third-order valence-corrected chi connectivity index (χ3v) is 2.73. The maximum absolute atomic E-state index is 13.7. The van der Waals surface area contributed by atoms with Crippen molar-refractivity contribution >= 4 is 23.2 Å². The molecule has 0 saturated carbocycles. The number of nitrogens with zero attached hydrogens (tertiary/aromatic N) is 2. The number of aromatic nitrogens is 2. The summed E-state index contributed by atoms with van der Waals surface area (Å²) in [7, 11) is 0. The molecular weight excluding hydrogens is 241 g/mol. The van der Waals surface area contributed by atoms with E-state index in [0.29, 0.717) is 11.6 Å². The Morgan fingerprint density at radius 3 is 2.94 bits per heavy atom. The van der Waals surface area contributed by atoms with Crippen LogP contribution >= 0.6 is 11.6 Å². The van der Waals surface area contributed by atoms with Gasteiger partial charge in [-0.25, -0.2) is 9.37 Å². The van der Waals surface area contributed by atoms with Crippen molar-refractivity contribution in [3.05, 3.63) is 40.9 Å². The SMILES string of the molecule is CCn1cc(C)nc1Nc1cccc(Cl)c1F. The van der Waals surface area contributed by atoms with E-state index in [1.165, 1.54) is 6.07 Å². The van der Waals surface area contributed by atoms with E-state index in [-0.39, 0.29) is 5.02 Å². The molecule has 1 aromatic heterocycles. The van der Waals surface area contributed by atoms with Gasteiger partial charge in [0, 0.05) is 12.7 Å². The highest BCUT2D eigenvalue weighted by atomic mass is 35.5. The van der Waals surface area contributed by atoms with E-state index in [1.54, 1.807) is 12.1 Å². The summed E-state index contributed by atoms with van der Waals surface area (Å²) in [5, 5.41) is 3.04. The van der Waals surface area contributed by atoms with Crippen LogP contribution in [0.5, 0.6) is 0 Å². The number of rotatable bonds is 3. The lowest BCUT2D eigenvalue weighted by Gasteiger charge is -2.09. The molecule has 0 aliphatic carbocycles. The Labute approximate surface area is 104 Å². The number of benzene rings is 1. The van der Waals surface area contributed by atoms with Gasteiger partial charge in [0.25, 0.3) is 0 Å². The molecule has 2 aromatic rings. The second kappa shape index (κ2) is 4.75. The zero-order valence-corrected chi connectivity index (χ0v) is 10.4. The first kappa shape index (κ1) is 11.9. The van der Waals surface area contributed by atoms with Gasteiger partial charge in [0.1, 0.15) is 0 Å². The number of halogens is 2. The summed E-state index contributed by atoms with van der Waals surface area (Å²) < 4.78 is 15.6. The smallest absolute Gasteiger partial charge is 0.207 e. The summed E-state index contributed by atoms with van der Waals surface area (Å²) in [4.78, 5) is 4.29. The zero-order valence-electron chi connectivity index (χ0n) is 9.67. The van der Waals surface area contributed by atoms with Crippen LogP contribution < -0.4 is 5.32 Å². The van der Waals surface area contributed by atoms with E-state index >= 15 is 0 Å². The molecule has 0 saturated heterocycles. The zero-order chi connectivity index (χ0) is 12.4. The van der Waals surface area contributed by atoms with Crippen molar-refractivity contribution in [2.24, 2.45) is 0 Å². The summed E-state index contributed by atoms with van der Waals surface area (Å²) in [6.07, 6.45) is 1.91. The van der Waals surface area contributed by atoms with Crippen LogP contribution in [0.2, 0.25) is 5.02 Å². The molecule has 0 fully saturated rings. The summed E-state index contributed by atoms with van der Waals surface area (Å²) in [5.74, 6) is 0.156. The quantitative estimate of drug-likeness (QED) is 0.903. The number of hydrogen-bond acceptors (Lipinski definition) is 2.